The minimum absolute atomic E-state index is 0.00692. The average molecular weight is 280 g/mol. The molecule has 0 aromatic heterocycles. The van der Waals surface area contributed by atoms with E-state index in [4.69, 9.17) is 4.74 Å². The molecule has 3 nitrogen and oxygen atoms in total. The van der Waals surface area contributed by atoms with E-state index in [1.165, 1.54) is 12.8 Å². The summed E-state index contributed by atoms with van der Waals surface area (Å²) in [7, 11) is 0. The molecule has 15 heavy (non-hydrogen) atoms. The lowest BCUT2D eigenvalue weighted by Crippen LogP contribution is -2.32. The molecule has 0 rings (SSSR count). The fourth-order valence-electron chi connectivity index (χ4n) is 1.41. The number of ether oxygens (including phenoxy) is 1. The Morgan fingerprint density at radius 3 is 2.67 bits per heavy atom. The van der Waals surface area contributed by atoms with Gasteiger partial charge in [-0.15, -0.1) is 0 Å². The Morgan fingerprint density at radius 1 is 1.40 bits per heavy atom. The van der Waals surface area contributed by atoms with Crippen molar-refractivity contribution in [3.05, 3.63) is 0 Å². The first kappa shape index (κ1) is 14.9. The zero-order chi connectivity index (χ0) is 11.5. The molecule has 90 valence electrons. The van der Waals surface area contributed by atoms with Crippen LogP contribution in [-0.2, 0) is 9.53 Å². The van der Waals surface area contributed by atoms with Crippen LogP contribution in [0.15, 0.2) is 0 Å². The summed E-state index contributed by atoms with van der Waals surface area (Å²) in [6, 6.07) is 0. The molecular formula is C11H22BrNO2. The average Bonchev–Trinajstić information content (AvgIpc) is 2.23. The van der Waals surface area contributed by atoms with Gasteiger partial charge in [0.25, 0.3) is 0 Å². The van der Waals surface area contributed by atoms with E-state index in [1.54, 1.807) is 0 Å². The minimum atomic E-state index is -0.00692. The van der Waals surface area contributed by atoms with Crippen molar-refractivity contribution in [1.29, 1.82) is 0 Å². The van der Waals surface area contributed by atoms with Crippen molar-refractivity contribution in [3.8, 4) is 0 Å². The number of nitrogens with one attached hydrogen (secondary N) is 1. The number of rotatable bonds is 9. The Balaban J connectivity index is 3.62. The summed E-state index contributed by atoms with van der Waals surface area (Å²) < 4.78 is 5.03. The van der Waals surface area contributed by atoms with Crippen LogP contribution in [0.1, 0.15) is 33.1 Å². The number of hydrogen-bond acceptors (Lipinski definition) is 2. The van der Waals surface area contributed by atoms with Gasteiger partial charge in [-0.1, -0.05) is 29.3 Å². The first-order chi connectivity index (χ1) is 7.24. The van der Waals surface area contributed by atoms with Crippen LogP contribution in [0.25, 0.3) is 0 Å². The van der Waals surface area contributed by atoms with Crippen molar-refractivity contribution >= 4 is 21.8 Å². The lowest BCUT2D eigenvalue weighted by atomic mass is 10.0. The molecule has 0 radical (unpaired) electrons. The zero-order valence-corrected chi connectivity index (χ0v) is 11.3. The van der Waals surface area contributed by atoms with Crippen LogP contribution < -0.4 is 5.32 Å². The largest absolute Gasteiger partial charge is 0.372 e. The normalized spacial score (nSPS) is 12.5. The smallest absolute Gasteiger partial charge is 0.246 e. The molecule has 1 amide bonds. The Kier molecular flexibility index (Phi) is 10.4. The van der Waals surface area contributed by atoms with Gasteiger partial charge in [0, 0.05) is 18.5 Å². The van der Waals surface area contributed by atoms with Crippen LogP contribution in [0.5, 0.6) is 0 Å². The molecule has 0 bridgehead atoms. The first-order valence-corrected chi connectivity index (χ1v) is 6.77. The van der Waals surface area contributed by atoms with E-state index in [9.17, 15) is 4.79 Å². The predicted octanol–water partition coefficient (Wildman–Crippen LogP) is 2.34. The highest BCUT2D eigenvalue weighted by molar-refractivity contribution is 9.09. The molecule has 0 spiro atoms. The van der Waals surface area contributed by atoms with Crippen molar-refractivity contribution in [2.45, 2.75) is 33.1 Å². The van der Waals surface area contributed by atoms with E-state index in [1.807, 2.05) is 6.92 Å². The summed E-state index contributed by atoms with van der Waals surface area (Å²) in [5.41, 5.74) is 0. The predicted molar refractivity (Wildman–Crippen MR) is 66.3 cm³/mol. The van der Waals surface area contributed by atoms with Crippen molar-refractivity contribution in [2.75, 3.05) is 25.1 Å². The fraction of sp³-hybridized carbons (Fsp3) is 0.909. The molecule has 0 saturated carbocycles. The third kappa shape index (κ3) is 8.88. The van der Waals surface area contributed by atoms with E-state index >= 15 is 0 Å². The third-order valence-electron chi connectivity index (χ3n) is 2.24. The number of amides is 1. The van der Waals surface area contributed by atoms with Crippen molar-refractivity contribution in [2.24, 2.45) is 5.92 Å². The molecule has 0 saturated heterocycles. The van der Waals surface area contributed by atoms with Gasteiger partial charge in [-0.2, -0.15) is 0 Å². The SMILES string of the molecule is CCCC(CCBr)CNC(=O)COCC. The molecule has 1 atom stereocenters. The van der Waals surface area contributed by atoms with Gasteiger partial charge in [0.1, 0.15) is 6.61 Å². The molecule has 1 unspecified atom stereocenters. The molecule has 1 N–H and O–H groups in total. The Hall–Kier alpha value is -0.0900. The van der Waals surface area contributed by atoms with Crippen LogP contribution in [-0.4, -0.2) is 31.0 Å². The van der Waals surface area contributed by atoms with Crippen molar-refractivity contribution in [1.82, 2.24) is 5.32 Å². The Bertz CT molecular complexity index is 159. The van der Waals surface area contributed by atoms with Gasteiger partial charge in [-0.3, -0.25) is 4.79 Å². The summed E-state index contributed by atoms with van der Waals surface area (Å²) >= 11 is 3.43. The van der Waals surface area contributed by atoms with E-state index in [0.717, 1.165) is 18.3 Å². The van der Waals surface area contributed by atoms with Crippen LogP contribution in [0.4, 0.5) is 0 Å². The molecule has 0 aliphatic heterocycles. The number of carbonyl (C=O) groups is 1. The van der Waals surface area contributed by atoms with E-state index < -0.39 is 0 Å². The van der Waals surface area contributed by atoms with Gasteiger partial charge in [-0.05, 0) is 25.7 Å². The molecule has 4 heteroatoms. The summed E-state index contributed by atoms with van der Waals surface area (Å²) in [4.78, 5) is 11.3. The summed E-state index contributed by atoms with van der Waals surface area (Å²) in [5.74, 6) is 0.576. The van der Waals surface area contributed by atoms with Crippen LogP contribution >= 0.6 is 15.9 Å². The monoisotopic (exact) mass is 279 g/mol. The Labute approximate surface area is 101 Å². The highest BCUT2D eigenvalue weighted by Crippen LogP contribution is 2.11. The second kappa shape index (κ2) is 10.4. The van der Waals surface area contributed by atoms with Crippen LogP contribution in [0.3, 0.4) is 0 Å². The summed E-state index contributed by atoms with van der Waals surface area (Å²) in [5, 5.41) is 3.90. The number of alkyl halides is 1. The molecule has 0 aromatic rings. The maximum atomic E-state index is 11.3. The van der Waals surface area contributed by atoms with Crippen LogP contribution in [0, 0.1) is 5.92 Å². The highest BCUT2D eigenvalue weighted by atomic mass is 79.9. The lowest BCUT2D eigenvalue weighted by Gasteiger charge is -2.15. The number of carbonyl (C=O) groups excluding carboxylic acids is 1. The third-order valence-corrected chi connectivity index (χ3v) is 2.70. The Morgan fingerprint density at radius 2 is 2.13 bits per heavy atom. The maximum absolute atomic E-state index is 11.3. The topological polar surface area (TPSA) is 38.3 Å². The standard InChI is InChI=1S/C11H22BrNO2/c1-3-5-10(6-7-12)8-13-11(14)9-15-4-2/h10H,3-9H2,1-2H3,(H,13,14). The van der Waals surface area contributed by atoms with Gasteiger partial charge < -0.3 is 10.1 Å². The zero-order valence-electron chi connectivity index (χ0n) is 9.72. The van der Waals surface area contributed by atoms with E-state index in [-0.39, 0.29) is 12.5 Å². The van der Waals surface area contributed by atoms with E-state index in [0.29, 0.717) is 12.5 Å². The molecule has 0 heterocycles. The number of halogens is 1. The van der Waals surface area contributed by atoms with Gasteiger partial charge in [0.05, 0.1) is 0 Å². The first-order valence-electron chi connectivity index (χ1n) is 5.64. The molecule has 0 aliphatic carbocycles. The van der Waals surface area contributed by atoms with Gasteiger partial charge in [0.15, 0.2) is 0 Å². The van der Waals surface area contributed by atoms with Gasteiger partial charge >= 0.3 is 0 Å². The quantitative estimate of drug-likeness (QED) is 0.658. The minimum Gasteiger partial charge on any atom is -0.372 e. The molecule has 0 aromatic carbocycles. The maximum Gasteiger partial charge on any atom is 0.246 e. The van der Waals surface area contributed by atoms with E-state index in [2.05, 4.69) is 28.2 Å². The summed E-state index contributed by atoms with van der Waals surface area (Å²) in [6.45, 7) is 5.60. The molecule has 0 aliphatic rings. The molecule has 0 fully saturated rings. The number of hydrogen-bond donors (Lipinski definition) is 1. The van der Waals surface area contributed by atoms with Gasteiger partial charge in [0.2, 0.25) is 5.91 Å². The fourth-order valence-corrected chi connectivity index (χ4v) is 2.06. The van der Waals surface area contributed by atoms with Crippen molar-refractivity contribution < 1.29 is 9.53 Å². The van der Waals surface area contributed by atoms with Gasteiger partial charge in [-0.25, -0.2) is 0 Å². The van der Waals surface area contributed by atoms with Crippen LogP contribution in [0.2, 0.25) is 0 Å². The highest BCUT2D eigenvalue weighted by Gasteiger charge is 2.08. The van der Waals surface area contributed by atoms with Crippen molar-refractivity contribution in [3.63, 3.8) is 0 Å². The lowest BCUT2D eigenvalue weighted by molar-refractivity contribution is -0.125. The second-order valence-electron chi connectivity index (χ2n) is 3.57. The second-order valence-corrected chi connectivity index (χ2v) is 4.37. The summed E-state index contributed by atoms with van der Waals surface area (Å²) in [6.07, 6.45) is 3.45. The molecular weight excluding hydrogens is 258 g/mol.